The van der Waals surface area contributed by atoms with Crippen LogP contribution >= 0.6 is 0 Å². The van der Waals surface area contributed by atoms with Gasteiger partial charge in [-0.3, -0.25) is 4.90 Å². The van der Waals surface area contributed by atoms with Gasteiger partial charge in [-0.15, -0.1) is 0 Å². The molecule has 0 spiro atoms. The van der Waals surface area contributed by atoms with E-state index in [-0.39, 0.29) is 0 Å². The second-order valence-electron chi connectivity index (χ2n) is 7.81. The highest BCUT2D eigenvalue weighted by molar-refractivity contribution is 5.09. The highest BCUT2D eigenvalue weighted by Gasteiger charge is 2.52. The van der Waals surface area contributed by atoms with E-state index in [9.17, 15) is 0 Å². The van der Waals surface area contributed by atoms with Gasteiger partial charge in [-0.1, -0.05) is 12.8 Å². The third-order valence-electron chi connectivity index (χ3n) is 7.01. The maximum absolute atomic E-state index is 6.41. The fraction of sp³-hybridized carbons (Fsp3) is 1.00. The van der Waals surface area contributed by atoms with Crippen LogP contribution in [0.1, 0.15) is 51.4 Å². The first kappa shape index (κ1) is 13.5. The first-order chi connectivity index (χ1) is 9.83. The summed E-state index contributed by atoms with van der Waals surface area (Å²) in [5.41, 5.74) is 6.74. The van der Waals surface area contributed by atoms with Crippen LogP contribution in [0.4, 0.5) is 0 Å². The molecular weight excluding hydrogens is 246 g/mol. The van der Waals surface area contributed by atoms with Gasteiger partial charge in [0.1, 0.15) is 0 Å². The molecule has 2 N–H and O–H groups in total. The highest BCUT2D eigenvalue weighted by Crippen LogP contribution is 2.45. The summed E-state index contributed by atoms with van der Waals surface area (Å²) in [6.45, 7) is 6.13. The molecule has 0 aromatic rings. The maximum atomic E-state index is 6.41. The van der Waals surface area contributed by atoms with Gasteiger partial charge in [0.25, 0.3) is 0 Å². The van der Waals surface area contributed by atoms with Gasteiger partial charge >= 0.3 is 0 Å². The van der Waals surface area contributed by atoms with Gasteiger partial charge in [0.05, 0.1) is 0 Å². The molecule has 1 unspecified atom stereocenters. The number of hydrogen-bond acceptors (Lipinski definition) is 3. The predicted molar refractivity (Wildman–Crippen MR) is 82.6 cm³/mol. The van der Waals surface area contributed by atoms with Crippen LogP contribution in [0.25, 0.3) is 0 Å². The van der Waals surface area contributed by atoms with Crippen LogP contribution < -0.4 is 5.73 Å². The average molecular weight is 277 g/mol. The van der Waals surface area contributed by atoms with Crippen LogP contribution in [0.5, 0.6) is 0 Å². The molecule has 1 saturated carbocycles. The number of rotatable bonds is 2. The zero-order valence-corrected chi connectivity index (χ0v) is 12.9. The average Bonchev–Trinajstić information content (AvgIpc) is 2.55. The van der Waals surface area contributed by atoms with Crippen molar-refractivity contribution in [2.75, 3.05) is 32.7 Å². The van der Waals surface area contributed by atoms with E-state index >= 15 is 0 Å². The first-order valence-corrected chi connectivity index (χ1v) is 9.03. The van der Waals surface area contributed by atoms with E-state index in [1.807, 2.05) is 0 Å². The summed E-state index contributed by atoms with van der Waals surface area (Å²) in [6, 6.07) is 0.863. The molecule has 0 aromatic heterocycles. The summed E-state index contributed by atoms with van der Waals surface area (Å²) in [4.78, 5) is 5.63. The third kappa shape index (κ3) is 1.97. The van der Waals surface area contributed by atoms with E-state index in [1.54, 1.807) is 0 Å². The summed E-state index contributed by atoms with van der Waals surface area (Å²) in [6.07, 6.45) is 11.5. The van der Waals surface area contributed by atoms with Crippen molar-refractivity contribution in [3.05, 3.63) is 0 Å². The van der Waals surface area contributed by atoms with E-state index in [0.29, 0.717) is 5.54 Å². The van der Waals surface area contributed by atoms with E-state index in [2.05, 4.69) is 9.80 Å². The van der Waals surface area contributed by atoms with E-state index in [1.165, 1.54) is 77.5 Å². The van der Waals surface area contributed by atoms with Crippen LogP contribution in [0.2, 0.25) is 0 Å². The Kier molecular flexibility index (Phi) is 3.56. The van der Waals surface area contributed by atoms with Crippen molar-refractivity contribution in [1.29, 1.82) is 0 Å². The normalized spacial score (nSPS) is 49.0. The highest BCUT2D eigenvalue weighted by atomic mass is 15.3. The molecule has 1 aliphatic carbocycles. The van der Waals surface area contributed by atoms with Crippen molar-refractivity contribution in [3.8, 4) is 0 Å². The smallest absolute Gasteiger partial charge is 0.0490 e. The van der Waals surface area contributed by atoms with Gasteiger partial charge < -0.3 is 10.6 Å². The van der Waals surface area contributed by atoms with E-state index < -0.39 is 0 Å². The van der Waals surface area contributed by atoms with Crippen molar-refractivity contribution in [2.45, 2.75) is 62.9 Å². The minimum Gasteiger partial charge on any atom is -0.329 e. The van der Waals surface area contributed by atoms with E-state index in [0.717, 1.165) is 24.4 Å². The lowest BCUT2D eigenvalue weighted by atomic mass is 9.68. The maximum Gasteiger partial charge on any atom is 0.0490 e. The molecule has 3 heteroatoms. The largest absolute Gasteiger partial charge is 0.329 e. The number of likely N-dealkylation sites (tertiary alicyclic amines) is 1. The Morgan fingerprint density at radius 3 is 2.35 bits per heavy atom. The zero-order chi connectivity index (χ0) is 13.6. The van der Waals surface area contributed by atoms with Crippen molar-refractivity contribution in [2.24, 2.45) is 17.6 Å². The Labute approximate surface area is 123 Å². The summed E-state index contributed by atoms with van der Waals surface area (Å²) in [5.74, 6) is 1.86. The molecule has 114 valence electrons. The lowest BCUT2D eigenvalue weighted by Crippen LogP contribution is -2.73. The van der Waals surface area contributed by atoms with Crippen molar-refractivity contribution in [1.82, 2.24) is 9.80 Å². The fourth-order valence-corrected chi connectivity index (χ4v) is 6.00. The van der Waals surface area contributed by atoms with Gasteiger partial charge in [0.15, 0.2) is 0 Å². The van der Waals surface area contributed by atoms with Gasteiger partial charge in [-0.2, -0.15) is 0 Å². The second kappa shape index (κ2) is 5.26. The number of nitrogens with zero attached hydrogens (tertiary/aromatic N) is 2. The molecule has 20 heavy (non-hydrogen) atoms. The molecule has 4 saturated heterocycles. The molecule has 4 aliphatic heterocycles. The Morgan fingerprint density at radius 1 is 0.900 bits per heavy atom. The van der Waals surface area contributed by atoms with Crippen LogP contribution in [-0.2, 0) is 0 Å². The fourth-order valence-electron chi connectivity index (χ4n) is 6.00. The monoisotopic (exact) mass is 277 g/mol. The number of hydrogen-bond donors (Lipinski definition) is 1. The Hall–Kier alpha value is -0.120. The summed E-state index contributed by atoms with van der Waals surface area (Å²) >= 11 is 0. The van der Waals surface area contributed by atoms with Crippen molar-refractivity contribution in [3.63, 3.8) is 0 Å². The molecule has 5 fully saturated rings. The summed E-state index contributed by atoms with van der Waals surface area (Å²) in [5, 5.41) is 0. The molecule has 3 atom stereocenters. The number of fused-ring (bicyclic) bond motifs is 4. The van der Waals surface area contributed by atoms with Gasteiger partial charge in [-0.05, 0) is 70.0 Å². The predicted octanol–water partition coefficient (Wildman–Crippen LogP) is 2.06. The van der Waals surface area contributed by atoms with E-state index in [4.69, 9.17) is 5.73 Å². The molecule has 2 bridgehead atoms. The molecular formula is C17H31N3. The minimum atomic E-state index is 0.331. The van der Waals surface area contributed by atoms with Gasteiger partial charge in [-0.25, -0.2) is 0 Å². The van der Waals surface area contributed by atoms with Crippen LogP contribution in [0.3, 0.4) is 0 Å². The standard InChI is InChI=1S/C17H31N3/c18-12-17(13-19-10-7-15(17)8-11-19)20-9-3-5-14-4-1-2-6-16(14)20/h14-16H,1-13,18H2/t14-,16-,17?/m1/s1. The Balaban J connectivity index is 1.62. The summed E-state index contributed by atoms with van der Waals surface area (Å²) in [7, 11) is 0. The lowest BCUT2D eigenvalue weighted by molar-refractivity contribution is -0.113. The SMILES string of the molecule is NCC1(N2CCC[C@H]3CCCC[C@H]32)CN2CCC1CC2. The lowest BCUT2D eigenvalue weighted by Gasteiger charge is -2.62. The van der Waals surface area contributed by atoms with Crippen molar-refractivity contribution >= 4 is 0 Å². The Bertz CT molecular complexity index is 348. The molecule has 4 heterocycles. The van der Waals surface area contributed by atoms with Crippen molar-refractivity contribution < 1.29 is 0 Å². The quantitative estimate of drug-likeness (QED) is 0.838. The number of nitrogens with two attached hydrogens (primary N) is 1. The molecule has 5 aliphatic rings. The zero-order valence-electron chi connectivity index (χ0n) is 12.9. The molecule has 0 amide bonds. The molecule has 5 rings (SSSR count). The second-order valence-corrected chi connectivity index (χ2v) is 7.81. The molecule has 3 nitrogen and oxygen atoms in total. The number of piperidine rings is 4. The third-order valence-corrected chi connectivity index (χ3v) is 7.01. The molecule has 0 radical (unpaired) electrons. The Morgan fingerprint density at radius 2 is 1.65 bits per heavy atom. The summed E-state index contributed by atoms with van der Waals surface area (Å²) < 4.78 is 0. The topological polar surface area (TPSA) is 32.5 Å². The van der Waals surface area contributed by atoms with Crippen LogP contribution in [0, 0.1) is 11.8 Å². The van der Waals surface area contributed by atoms with Gasteiger partial charge in [0, 0.05) is 24.7 Å². The van der Waals surface area contributed by atoms with Crippen LogP contribution in [-0.4, -0.2) is 54.1 Å². The first-order valence-electron chi connectivity index (χ1n) is 9.03. The van der Waals surface area contributed by atoms with Crippen LogP contribution in [0.15, 0.2) is 0 Å². The molecule has 0 aromatic carbocycles. The van der Waals surface area contributed by atoms with Gasteiger partial charge in [0.2, 0.25) is 0 Å². The minimum absolute atomic E-state index is 0.331.